The van der Waals surface area contributed by atoms with Gasteiger partial charge in [-0.15, -0.1) is 0 Å². The predicted molar refractivity (Wildman–Crippen MR) is 104 cm³/mol. The standard InChI is InChI=1S/C16H13Cl5O3S/c1-3-8(2)9-4-6-10(7-5-9)25(22,23)24-16-14(20)12(18)11(17)13(19)15(16)21/h4-8H,3H2,1-2H3. The van der Waals surface area contributed by atoms with E-state index >= 15 is 0 Å². The van der Waals surface area contributed by atoms with Gasteiger partial charge in [0, 0.05) is 0 Å². The number of hydrogen-bond donors (Lipinski definition) is 0. The summed E-state index contributed by atoms with van der Waals surface area (Å²) in [5, 5.41) is -0.840. The molecule has 1 atom stereocenters. The van der Waals surface area contributed by atoms with Crippen molar-refractivity contribution in [1.29, 1.82) is 0 Å². The third-order valence-corrected chi connectivity index (χ3v) is 7.19. The maximum absolute atomic E-state index is 12.5. The Hall–Kier alpha value is -0.360. The van der Waals surface area contributed by atoms with Gasteiger partial charge >= 0.3 is 10.1 Å². The van der Waals surface area contributed by atoms with Gasteiger partial charge in [-0.3, -0.25) is 0 Å². The van der Waals surface area contributed by atoms with E-state index in [1.165, 1.54) is 12.1 Å². The van der Waals surface area contributed by atoms with E-state index < -0.39 is 10.1 Å². The van der Waals surface area contributed by atoms with Crippen molar-refractivity contribution in [2.45, 2.75) is 31.1 Å². The fraction of sp³-hybridized carbons (Fsp3) is 0.250. The monoisotopic (exact) mass is 460 g/mol. The number of halogens is 5. The van der Waals surface area contributed by atoms with Crippen LogP contribution >= 0.6 is 58.0 Å². The number of hydrogen-bond acceptors (Lipinski definition) is 3. The zero-order chi connectivity index (χ0) is 18.9. The van der Waals surface area contributed by atoms with Gasteiger partial charge in [0.15, 0.2) is 5.75 Å². The van der Waals surface area contributed by atoms with E-state index in [1.807, 2.05) is 0 Å². The average molecular weight is 463 g/mol. The van der Waals surface area contributed by atoms with Crippen LogP contribution in [-0.2, 0) is 10.1 Å². The van der Waals surface area contributed by atoms with Crippen molar-refractivity contribution >= 4 is 68.1 Å². The fourth-order valence-corrected chi connectivity index (χ4v) is 4.26. The van der Waals surface area contributed by atoms with E-state index in [0.29, 0.717) is 5.92 Å². The molecular formula is C16H13Cl5O3S. The Labute approximate surface area is 171 Å². The molecule has 2 aromatic carbocycles. The summed E-state index contributed by atoms with van der Waals surface area (Å²) in [6.07, 6.45) is 0.940. The van der Waals surface area contributed by atoms with Crippen LogP contribution in [0.25, 0.3) is 0 Å². The third-order valence-electron chi connectivity index (χ3n) is 3.71. The minimum Gasteiger partial charge on any atom is -0.376 e. The number of rotatable bonds is 5. The molecular weight excluding hydrogens is 450 g/mol. The van der Waals surface area contributed by atoms with E-state index in [0.717, 1.165) is 12.0 Å². The topological polar surface area (TPSA) is 43.4 Å². The molecule has 0 aliphatic carbocycles. The van der Waals surface area contributed by atoms with Gasteiger partial charge in [-0.1, -0.05) is 84.0 Å². The zero-order valence-corrected chi connectivity index (χ0v) is 17.7. The fourth-order valence-electron chi connectivity index (χ4n) is 2.01. The summed E-state index contributed by atoms with van der Waals surface area (Å²) in [6.45, 7) is 4.10. The van der Waals surface area contributed by atoms with Gasteiger partial charge < -0.3 is 4.18 Å². The summed E-state index contributed by atoms with van der Waals surface area (Å²) in [7, 11) is -4.18. The van der Waals surface area contributed by atoms with Crippen LogP contribution in [0, 0.1) is 0 Å². The van der Waals surface area contributed by atoms with Crippen molar-refractivity contribution in [3.63, 3.8) is 0 Å². The molecule has 0 spiro atoms. The Morgan fingerprint density at radius 3 is 1.76 bits per heavy atom. The second-order valence-corrected chi connectivity index (χ2v) is 8.75. The summed E-state index contributed by atoms with van der Waals surface area (Å²) in [4.78, 5) is -0.0473. The highest BCUT2D eigenvalue weighted by molar-refractivity contribution is 7.87. The molecule has 0 fully saturated rings. The second kappa shape index (κ2) is 8.12. The first kappa shape index (κ1) is 20.9. The first-order valence-corrected chi connectivity index (χ1v) is 10.5. The van der Waals surface area contributed by atoms with Crippen LogP contribution < -0.4 is 4.18 Å². The Kier molecular flexibility index (Phi) is 6.80. The minimum atomic E-state index is -4.18. The molecule has 0 amide bonds. The molecule has 0 saturated heterocycles. The number of benzene rings is 2. The van der Waals surface area contributed by atoms with Crippen LogP contribution in [0.15, 0.2) is 29.2 Å². The quantitative estimate of drug-likeness (QED) is 0.267. The lowest BCUT2D eigenvalue weighted by Crippen LogP contribution is -2.11. The van der Waals surface area contributed by atoms with E-state index in [1.54, 1.807) is 12.1 Å². The molecule has 9 heteroatoms. The van der Waals surface area contributed by atoms with Crippen molar-refractivity contribution < 1.29 is 12.6 Å². The molecule has 136 valence electrons. The van der Waals surface area contributed by atoms with Crippen molar-refractivity contribution in [2.75, 3.05) is 0 Å². The van der Waals surface area contributed by atoms with Crippen molar-refractivity contribution in [2.24, 2.45) is 0 Å². The van der Waals surface area contributed by atoms with E-state index in [2.05, 4.69) is 13.8 Å². The summed E-state index contributed by atoms with van der Waals surface area (Å²) in [6, 6.07) is 6.38. The molecule has 0 aromatic heterocycles. The predicted octanol–water partition coefficient (Wildman–Crippen LogP) is 7.23. The van der Waals surface area contributed by atoms with Crippen LogP contribution in [0.2, 0.25) is 25.1 Å². The molecule has 3 nitrogen and oxygen atoms in total. The van der Waals surface area contributed by atoms with Crippen LogP contribution in [0.1, 0.15) is 31.7 Å². The molecule has 0 saturated carbocycles. The lowest BCUT2D eigenvalue weighted by atomic mass is 9.99. The van der Waals surface area contributed by atoms with Gasteiger partial charge in [-0.05, 0) is 30.0 Å². The SMILES string of the molecule is CCC(C)c1ccc(S(=O)(=O)Oc2c(Cl)c(Cl)c(Cl)c(Cl)c2Cl)cc1. The maximum Gasteiger partial charge on any atom is 0.339 e. The van der Waals surface area contributed by atoms with Gasteiger partial charge in [-0.25, -0.2) is 0 Å². The summed E-state index contributed by atoms with van der Waals surface area (Å²) in [5.41, 5.74) is 1.02. The smallest absolute Gasteiger partial charge is 0.339 e. The van der Waals surface area contributed by atoms with Gasteiger partial charge in [0.2, 0.25) is 0 Å². The summed E-state index contributed by atoms with van der Waals surface area (Å²) >= 11 is 29.7. The molecule has 2 rings (SSSR count). The molecule has 25 heavy (non-hydrogen) atoms. The van der Waals surface area contributed by atoms with Gasteiger partial charge in [0.05, 0.1) is 15.1 Å². The van der Waals surface area contributed by atoms with Crippen LogP contribution in [0.3, 0.4) is 0 Å². The molecule has 2 aromatic rings. The highest BCUT2D eigenvalue weighted by atomic mass is 35.5. The highest BCUT2D eigenvalue weighted by Gasteiger charge is 2.26. The Bertz CT molecular complexity index is 866. The summed E-state index contributed by atoms with van der Waals surface area (Å²) < 4.78 is 30.1. The average Bonchev–Trinajstić information content (AvgIpc) is 2.61. The molecule has 1 unspecified atom stereocenters. The maximum atomic E-state index is 12.5. The van der Waals surface area contributed by atoms with Crippen molar-refractivity contribution in [1.82, 2.24) is 0 Å². The van der Waals surface area contributed by atoms with Gasteiger partial charge in [0.1, 0.15) is 14.9 Å². The van der Waals surface area contributed by atoms with E-state index in [9.17, 15) is 8.42 Å². The Morgan fingerprint density at radius 2 is 1.32 bits per heavy atom. The summed E-state index contributed by atoms with van der Waals surface area (Å²) in [5.74, 6) is -0.0517. The Balaban J connectivity index is 2.43. The molecule has 0 bridgehead atoms. The lowest BCUT2D eigenvalue weighted by Gasteiger charge is -2.14. The first-order valence-electron chi connectivity index (χ1n) is 7.16. The molecule has 0 aliphatic rings. The molecule has 0 aliphatic heterocycles. The van der Waals surface area contributed by atoms with Crippen LogP contribution in [0.4, 0.5) is 0 Å². The molecule has 0 N–H and O–H groups in total. The first-order chi connectivity index (χ1) is 11.6. The van der Waals surface area contributed by atoms with Crippen molar-refractivity contribution in [3.8, 4) is 5.75 Å². The Morgan fingerprint density at radius 1 is 0.880 bits per heavy atom. The largest absolute Gasteiger partial charge is 0.376 e. The molecule has 0 radical (unpaired) electrons. The molecule has 0 heterocycles. The second-order valence-electron chi connectivity index (χ2n) is 5.31. The third kappa shape index (κ3) is 4.32. The van der Waals surface area contributed by atoms with Crippen LogP contribution in [0.5, 0.6) is 5.75 Å². The van der Waals surface area contributed by atoms with E-state index in [-0.39, 0.29) is 35.8 Å². The van der Waals surface area contributed by atoms with Crippen molar-refractivity contribution in [3.05, 3.63) is 54.9 Å². The lowest BCUT2D eigenvalue weighted by molar-refractivity contribution is 0.486. The van der Waals surface area contributed by atoms with Crippen LogP contribution in [-0.4, -0.2) is 8.42 Å². The minimum absolute atomic E-state index is 0.0473. The zero-order valence-electron chi connectivity index (χ0n) is 13.1. The normalized spacial score (nSPS) is 12.9. The van der Waals surface area contributed by atoms with E-state index in [4.69, 9.17) is 62.2 Å². The van der Waals surface area contributed by atoms with Gasteiger partial charge in [-0.2, -0.15) is 8.42 Å². The van der Waals surface area contributed by atoms with Gasteiger partial charge in [0.25, 0.3) is 0 Å². The highest BCUT2D eigenvalue weighted by Crippen LogP contribution is 2.48.